The summed E-state index contributed by atoms with van der Waals surface area (Å²) in [5.74, 6) is -0.914. The SMILES string of the molecule is CCCCCCCC(=O)OC(=O)CNC.[H-].[K+]. The number of hydrogen-bond donors (Lipinski definition) is 1. The number of carbonyl (C=O) groups is 2. The van der Waals surface area contributed by atoms with E-state index in [-0.39, 0.29) is 59.4 Å². The average molecular weight is 255 g/mol. The Morgan fingerprint density at radius 2 is 1.75 bits per heavy atom. The normalized spacial score (nSPS) is 9.38. The van der Waals surface area contributed by atoms with E-state index in [2.05, 4.69) is 17.0 Å². The first-order chi connectivity index (χ1) is 7.20. The molecule has 0 radical (unpaired) electrons. The zero-order valence-corrected chi connectivity index (χ0v) is 13.8. The Hall–Kier alpha value is 0.736. The van der Waals surface area contributed by atoms with Crippen molar-refractivity contribution < 1.29 is 67.1 Å². The van der Waals surface area contributed by atoms with Gasteiger partial charge in [0.15, 0.2) is 0 Å². The van der Waals surface area contributed by atoms with Gasteiger partial charge < -0.3 is 11.5 Å². The zero-order chi connectivity index (χ0) is 11.5. The molecule has 0 atom stereocenters. The van der Waals surface area contributed by atoms with Crippen molar-refractivity contribution in [2.24, 2.45) is 0 Å². The third kappa shape index (κ3) is 12.8. The molecule has 4 nitrogen and oxygen atoms in total. The van der Waals surface area contributed by atoms with Gasteiger partial charge in [-0.05, 0) is 13.5 Å². The Morgan fingerprint density at radius 3 is 2.31 bits per heavy atom. The largest absolute Gasteiger partial charge is 1.00 e. The minimum Gasteiger partial charge on any atom is -1.00 e. The fourth-order valence-corrected chi connectivity index (χ4v) is 1.23. The van der Waals surface area contributed by atoms with Crippen molar-refractivity contribution in [1.82, 2.24) is 5.32 Å². The number of carbonyl (C=O) groups excluding carboxylic acids is 2. The Bertz CT molecular complexity index is 203. The molecule has 0 aliphatic rings. The molecule has 0 bridgehead atoms. The molecule has 0 aliphatic carbocycles. The Balaban J connectivity index is -0.000000980. The van der Waals surface area contributed by atoms with Crippen LogP contribution in [0.2, 0.25) is 0 Å². The summed E-state index contributed by atoms with van der Waals surface area (Å²) in [4.78, 5) is 22.0. The van der Waals surface area contributed by atoms with E-state index in [1.165, 1.54) is 12.8 Å². The summed E-state index contributed by atoms with van der Waals surface area (Å²) >= 11 is 0. The fraction of sp³-hybridized carbons (Fsp3) is 0.818. The number of esters is 2. The number of rotatable bonds is 8. The van der Waals surface area contributed by atoms with Crippen molar-refractivity contribution in [3.63, 3.8) is 0 Å². The van der Waals surface area contributed by atoms with Crippen LogP contribution in [0.1, 0.15) is 46.9 Å². The van der Waals surface area contributed by atoms with E-state index in [4.69, 9.17) is 0 Å². The van der Waals surface area contributed by atoms with Crippen LogP contribution >= 0.6 is 0 Å². The molecule has 0 saturated heterocycles. The van der Waals surface area contributed by atoms with Gasteiger partial charge in [-0.2, -0.15) is 0 Å². The second-order valence-corrected chi connectivity index (χ2v) is 3.54. The van der Waals surface area contributed by atoms with Crippen LogP contribution in [0.5, 0.6) is 0 Å². The van der Waals surface area contributed by atoms with Crippen LogP contribution < -0.4 is 56.7 Å². The number of unbranched alkanes of at least 4 members (excludes halogenated alkanes) is 4. The van der Waals surface area contributed by atoms with E-state index in [0.29, 0.717) is 6.42 Å². The van der Waals surface area contributed by atoms with Crippen LogP contribution in [-0.4, -0.2) is 25.5 Å². The molecule has 0 aromatic rings. The summed E-state index contributed by atoms with van der Waals surface area (Å²) in [5, 5.41) is 2.63. The maximum atomic E-state index is 11.1. The predicted octanol–water partition coefficient (Wildman–Crippen LogP) is -1.25. The molecular weight excluding hydrogens is 233 g/mol. The van der Waals surface area contributed by atoms with Gasteiger partial charge in [-0.15, -0.1) is 0 Å². The van der Waals surface area contributed by atoms with E-state index in [9.17, 15) is 9.59 Å². The zero-order valence-electron chi connectivity index (χ0n) is 11.7. The molecule has 1 N–H and O–H groups in total. The van der Waals surface area contributed by atoms with Crippen LogP contribution in [0.4, 0.5) is 0 Å². The van der Waals surface area contributed by atoms with Gasteiger partial charge in [0.2, 0.25) is 0 Å². The van der Waals surface area contributed by atoms with E-state index in [1.807, 2.05) is 0 Å². The second kappa shape index (κ2) is 13.8. The van der Waals surface area contributed by atoms with Gasteiger partial charge in [-0.25, -0.2) is 0 Å². The first-order valence-electron chi connectivity index (χ1n) is 5.58. The first kappa shape index (κ1) is 19.1. The van der Waals surface area contributed by atoms with Gasteiger partial charge in [0.1, 0.15) is 0 Å². The van der Waals surface area contributed by atoms with E-state index in [0.717, 1.165) is 19.3 Å². The quantitative estimate of drug-likeness (QED) is 0.255. The Morgan fingerprint density at radius 1 is 1.12 bits per heavy atom. The molecule has 0 saturated carbocycles. The number of likely N-dealkylation sites (N-methyl/N-ethyl adjacent to an activating group) is 1. The van der Waals surface area contributed by atoms with Crippen molar-refractivity contribution >= 4 is 11.9 Å². The van der Waals surface area contributed by atoms with Crippen LogP contribution in [0.15, 0.2) is 0 Å². The summed E-state index contributed by atoms with van der Waals surface area (Å²) in [7, 11) is 1.64. The van der Waals surface area contributed by atoms with E-state index >= 15 is 0 Å². The van der Waals surface area contributed by atoms with Crippen molar-refractivity contribution in [2.45, 2.75) is 45.4 Å². The fourth-order valence-electron chi connectivity index (χ4n) is 1.23. The van der Waals surface area contributed by atoms with Crippen molar-refractivity contribution in [3.8, 4) is 0 Å². The van der Waals surface area contributed by atoms with E-state index < -0.39 is 11.9 Å². The van der Waals surface area contributed by atoms with Crippen LogP contribution in [0.3, 0.4) is 0 Å². The summed E-state index contributed by atoms with van der Waals surface area (Å²) in [6.45, 7) is 2.23. The van der Waals surface area contributed by atoms with Crippen LogP contribution in [0, 0.1) is 0 Å². The summed E-state index contributed by atoms with van der Waals surface area (Å²) in [5.41, 5.74) is 0. The molecule has 0 aromatic heterocycles. The smallest absolute Gasteiger partial charge is 1.00 e. The monoisotopic (exact) mass is 255 g/mol. The molecule has 90 valence electrons. The van der Waals surface area contributed by atoms with Crippen molar-refractivity contribution in [1.29, 1.82) is 0 Å². The third-order valence-corrected chi connectivity index (χ3v) is 2.03. The minimum atomic E-state index is -0.504. The average Bonchev–Trinajstić information content (AvgIpc) is 2.17. The molecular formula is C11H22KNO3. The minimum absolute atomic E-state index is 0. The Kier molecular flexibility index (Phi) is 16.5. The van der Waals surface area contributed by atoms with Crippen molar-refractivity contribution in [3.05, 3.63) is 0 Å². The molecule has 0 aromatic carbocycles. The Labute approximate surface area is 142 Å². The molecule has 0 unspecified atom stereocenters. The molecule has 0 heterocycles. The molecule has 16 heavy (non-hydrogen) atoms. The molecule has 0 aliphatic heterocycles. The van der Waals surface area contributed by atoms with Gasteiger partial charge in [-0.3, -0.25) is 9.59 Å². The van der Waals surface area contributed by atoms with Gasteiger partial charge >= 0.3 is 63.3 Å². The molecule has 0 amide bonds. The second-order valence-electron chi connectivity index (χ2n) is 3.54. The molecule has 0 fully saturated rings. The van der Waals surface area contributed by atoms with Gasteiger partial charge in [0, 0.05) is 6.42 Å². The van der Waals surface area contributed by atoms with Crippen LogP contribution in [-0.2, 0) is 14.3 Å². The maximum absolute atomic E-state index is 11.1. The first-order valence-corrected chi connectivity index (χ1v) is 5.58. The van der Waals surface area contributed by atoms with Gasteiger partial charge in [0.05, 0.1) is 6.54 Å². The molecule has 0 spiro atoms. The molecule has 0 rings (SSSR count). The number of nitrogens with one attached hydrogen (secondary N) is 1. The summed E-state index contributed by atoms with van der Waals surface area (Å²) in [6.07, 6.45) is 5.72. The summed E-state index contributed by atoms with van der Waals surface area (Å²) in [6, 6.07) is 0. The predicted molar refractivity (Wildman–Crippen MR) is 59.5 cm³/mol. The van der Waals surface area contributed by atoms with E-state index in [1.54, 1.807) is 7.05 Å². The third-order valence-electron chi connectivity index (χ3n) is 2.03. The van der Waals surface area contributed by atoms with Gasteiger partial charge in [0.25, 0.3) is 0 Å². The number of ether oxygens (including phenoxy) is 1. The number of hydrogen-bond acceptors (Lipinski definition) is 4. The van der Waals surface area contributed by atoms with Crippen molar-refractivity contribution in [2.75, 3.05) is 13.6 Å². The maximum Gasteiger partial charge on any atom is 1.00 e. The standard InChI is InChI=1S/C11H21NO3.K.H/c1-3-4-5-6-7-8-10(13)15-11(14)9-12-2;;/h12H,3-9H2,1-2H3;;/q;+1;-1. The molecule has 5 heteroatoms. The van der Waals surface area contributed by atoms with Gasteiger partial charge in [-0.1, -0.05) is 32.6 Å². The topological polar surface area (TPSA) is 55.4 Å². The summed E-state index contributed by atoms with van der Waals surface area (Å²) < 4.78 is 4.56. The van der Waals surface area contributed by atoms with Crippen LogP contribution in [0.25, 0.3) is 0 Å².